The first-order valence-electron chi connectivity index (χ1n) is 13.8. The molecule has 0 saturated carbocycles. The standard InChI is InChI=1S/C32H38O4/c1-3-4-5-6-7-8-9-10-11-20-27-29(30(33)35-2)32(31(34)36-27)21-26-22-16-12-14-18-24(22)28(32)25-19-15-13-17-23(25)26/h12-19,27,29H,3-11,20-21H2,1-2H3/t27-,29-,32-/m0/s1. The molecule has 2 bridgehead atoms. The molecule has 36 heavy (non-hydrogen) atoms. The molecule has 1 fully saturated rings. The van der Waals surface area contributed by atoms with Gasteiger partial charge in [-0.05, 0) is 51.9 Å². The molecule has 0 radical (unpaired) electrons. The zero-order valence-electron chi connectivity index (χ0n) is 21.7. The molecule has 3 aliphatic rings. The van der Waals surface area contributed by atoms with E-state index in [0.29, 0.717) is 12.8 Å². The molecule has 1 aliphatic heterocycles. The molecule has 6 rings (SSSR count). The molecule has 0 amide bonds. The number of carbonyl (C=O) groups excluding carboxylic acids is 2. The van der Waals surface area contributed by atoms with Crippen LogP contribution in [-0.2, 0) is 30.9 Å². The Morgan fingerprint density at radius 1 is 0.861 bits per heavy atom. The molecule has 0 aromatic heterocycles. The number of benzene rings is 3. The Morgan fingerprint density at radius 2 is 1.39 bits per heavy atom. The fourth-order valence-electron chi connectivity index (χ4n) is 6.81. The molecule has 3 aromatic rings. The van der Waals surface area contributed by atoms with Gasteiger partial charge in [-0.15, -0.1) is 0 Å². The van der Waals surface area contributed by atoms with E-state index in [0.717, 1.165) is 45.5 Å². The van der Waals surface area contributed by atoms with Crippen LogP contribution in [0.15, 0.2) is 48.5 Å². The molecule has 1 heterocycles. The van der Waals surface area contributed by atoms with E-state index in [1.165, 1.54) is 52.1 Å². The summed E-state index contributed by atoms with van der Waals surface area (Å²) in [7, 11) is 1.43. The van der Waals surface area contributed by atoms with Gasteiger partial charge in [-0.3, -0.25) is 9.59 Å². The van der Waals surface area contributed by atoms with Crippen LogP contribution in [0.4, 0.5) is 0 Å². The van der Waals surface area contributed by atoms with Crippen molar-refractivity contribution in [1.82, 2.24) is 0 Å². The second kappa shape index (κ2) is 10.6. The van der Waals surface area contributed by atoms with Gasteiger partial charge in [0.2, 0.25) is 0 Å². The summed E-state index contributed by atoms with van der Waals surface area (Å²) < 4.78 is 11.4. The van der Waals surface area contributed by atoms with Crippen LogP contribution in [0.5, 0.6) is 0 Å². The van der Waals surface area contributed by atoms with Crippen molar-refractivity contribution in [3.63, 3.8) is 0 Å². The minimum Gasteiger partial charge on any atom is -0.469 e. The van der Waals surface area contributed by atoms with Gasteiger partial charge >= 0.3 is 11.9 Å². The Balaban J connectivity index is 1.41. The lowest BCUT2D eigenvalue weighted by Crippen LogP contribution is -2.48. The summed E-state index contributed by atoms with van der Waals surface area (Å²) >= 11 is 0. The molecule has 4 nitrogen and oxygen atoms in total. The fourth-order valence-corrected chi connectivity index (χ4v) is 6.81. The highest BCUT2D eigenvalue weighted by molar-refractivity contribution is 6.14. The average molecular weight is 487 g/mol. The van der Waals surface area contributed by atoms with Crippen molar-refractivity contribution >= 4 is 33.5 Å². The highest BCUT2D eigenvalue weighted by Crippen LogP contribution is 2.56. The van der Waals surface area contributed by atoms with Gasteiger partial charge in [-0.2, -0.15) is 0 Å². The topological polar surface area (TPSA) is 52.6 Å². The minimum absolute atomic E-state index is 0.268. The van der Waals surface area contributed by atoms with Gasteiger partial charge in [0, 0.05) is 0 Å². The summed E-state index contributed by atoms with van der Waals surface area (Å²) in [4.78, 5) is 27.1. The lowest BCUT2D eigenvalue weighted by atomic mass is 9.59. The number of esters is 2. The van der Waals surface area contributed by atoms with Crippen LogP contribution in [0.2, 0.25) is 0 Å². The van der Waals surface area contributed by atoms with Crippen LogP contribution in [0.1, 0.15) is 82.3 Å². The molecule has 3 aromatic carbocycles. The number of hydrogen-bond acceptors (Lipinski definition) is 4. The SMILES string of the molecule is CCCCCCCCCCC[C@@H]1OC(=O)[C@]2(Cc3c4ccccc4c2c2ccccc32)[C@@H]1C(=O)OC. The predicted molar refractivity (Wildman–Crippen MR) is 144 cm³/mol. The molecule has 190 valence electrons. The summed E-state index contributed by atoms with van der Waals surface area (Å²) in [6.45, 7) is 2.24. The molecule has 3 atom stereocenters. The van der Waals surface area contributed by atoms with E-state index >= 15 is 0 Å². The molecular weight excluding hydrogens is 448 g/mol. The van der Waals surface area contributed by atoms with E-state index in [1.54, 1.807) is 0 Å². The van der Waals surface area contributed by atoms with Gasteiger partial charge in [-0.25, -0.2) is 0 Å². The highest BCUT2D eigenvalue weighted by atomic mass is 16.6. The van der Waals surface area contributed by atoms with Gasteiger partial charge in [0.25, 0.3) is 0 Å². The first-order chi connectivity index (χ1) is 17.6. The Labute approximate surface area is 214 Å². The Bertz CT molecular complexity index is 1200. The maximum absolute atomic E-state index is 13.8. The van der Waals surface area contributed by atoms with Crippen molar-refractivity contribution in [2.75, 3.05) is 7.11 Å². The molecular formula is C32H38O4. The third-order valence-corrected chi connectivity index (χ3v) is 8.52. The number of rotatable bonds is 11. The van der Waals surface area contributed by atoms with E-state index in [1.807, 2.05) is 24.3 Å². The van der Waals surface area contributed by atoms with Gasteiger partial charge in [-0.1, -0.05) is 107 Å². The van der Waals surface area contributed by atoms with Crippen molar-refractivity contribution in [3.05, 3.63) is 59.7 Å². The second-order valence-corrected chi connectivity index (χ2v) is 10.7. The summed E-state index contributed by atoms with van der Waals surface area (Å²) in [6.07, 6.45) is 11.8. The number of unbranched alkanes of at least 4 members (excludes halogenated alkanes) is 8. The third kappa shape index (κ3) is 4.09. The first kappa shape index (κ1) is 24.8. The zero-order valence-corrected chi connectivity index (χ0v) is 21.7. The number of methoxy groups -OCH3 is 1. The highest BCUT2D eigenvalue weighted by Gasteiger charge is 2.64. The van der Waals surface area contributed by atoms with Crippen LogP contribution in [0.25, 0.3) is 21.5 Å². The van der Waals surface area contributed by atoms with Crippen LogP contribution < -0.4 is 0 Å². The molecule has 4 heteroatoms. The predicted octanol–water partition coefficient (Wildman–Crippen LogP) is 7.42. The van der Waals surface area contributed by atoms with Crippen LogP contribution in [-0.4, -0.2) is 25.2 Å². The van der Waals surface area contributed by atoms with Crippen molar-refractivity contribution in [2.24, 2.45) is 5.92 Å². The largest absolute Gasteiger partial charge is 0.469 e. The summed E-state index contributed by atoms with van der Waals surface area (Å²) in [6, 6.07) is 16.5. The van der Waals surface area contributed by atoms with Gasteiger partial charge in [0.1, 0.15) is 17.4 Å². The molecule has 0 N–H and O–H groups in total. The van der Waals surface area contributed by atoms with Crippen LogP contribution in [0.3, 0.4) is 0 Å². The maximum Gasteiger partial charge on any atom is 0.318 e. The lowest BCUT2D eigenvalue weighted by molar-refractivity contribution is -0.149. The second-order valence-electron chi connectivity index (χ2n) is 10.7. The monoisotopic (exact) mass is 486 g/mol. The van der Waals surface area contributed by atoms with Gasteiger partial charge < -0.3 is 9.47 Å². The summed E-state index contributed by atoms with van der Waals surface area (Å²) in [5.74, 6) is -1.23. The smallest absolute Gasteiger partial charge is 0.318 e. The van der Waals surface area contributed by atoms with E-state index in [-0.39, 0.29) is 11.9 Å². The maximum atomic E-state index is 13.8. The average Bonchev–Trinajstić information content (AvgIpc) is 3.17. The fraction of sp³-hybridized carbons (Fsp3) is 0.500. The van der Waals surface area contributed by atoms with Crippen molar-refractivity contribution < 1.29 is 19.1 Å². The lowest BCUT2D eigenvalue weighted by Gasteiger charge is -2.39. The quantitative estimate of drug-likeness (QED) is 0.161. The first-order valence-corrected chi connectivity index (χ1v) is 13.8. The molecule has 2 aliphatic carbocycles. The van der Waals surface area contributed by atoms with Crippen molar-refractivity contribution in [3.8, 4) is 0 Å². The van der Waals surface area contributed by atoms with Crippen molar-refractivity contribution in [2.45, 2.75) is 89.1 Å². The minimum atomic E-state index is -1.02. The number of ether oxygens (including phenoxy) is 2. The third-order valence-electron chi connectivity index (χ3n) is 8.52. The zero-order chi connectivity index (χ0) is 25.1. The number of hydrogen-bond donors (Lipinski definition) is 0. The summed E-state index contributed by atoms with van der Waals surface area (Å²) in [5, 5.41) is 4.42. The molecule has 1 saturated heterocycles. The van der Waals surface area contributed by atoms with E-state index in [4.69, 9.17) is 9.47 Å². The van der Waals surface area contributed by atoms with Crippen LogP contribution in [0, 0.1) is 5.92 Å². The molecule has 1 spiro atoms. The Morgan fingerprint density at radius 3 is 1.94 bits per heavy atom. The van der Waals surface area contributed by atoms with Gasteiger partial charge in [0.15, 0.2) is 0 Å². The van der Waals surface area contributed by atoms with E-state index in [9.17, 15) is 9.59 Å². The van der Waals surface area contributed by atoms with Crippen molar-refractivity contribution in [1.29, 1.82) is 0 Å². The Kier molecular flexibility index (Phi) is 7.32. The van der Waals surface area contributed by atoms with E-state index in [2.05, 4.69) is 31.2 Å². The van der Waals surface area contributed by atoms with Gasteiger partial charge in [0.05, 0.1) is 7.11 Å². The summed E-state index contributed by atoms with van der Waals surface area (Å²) in [5.41, 5.74) is 1.05. The Hall–Kier alpha value is -2.88. The number of carbonyl (C=O) groups is 2. The molecule has 0 unspecified atom stereocenters. The normalized spacial score (nSPS) is 22.6. The number of cyclic esters (lactones) is 1. The van der Waals surface area contributed by atoms with Crippen LogP contribution >= 0.6 is 0 Å². The van der Waals surface area contributed by atoms with E-state index < -0.39 is 17.4 Å².